The lowest BCUT2D eigenvalue weighted by molar-refractivity contribution is -0.126. The molecule has 2 aliphatic rings. The summed E-state index contributed by atoms with van der Waals surface area (Å²) in [4.78, 5) is 23.8. The first-order valence-corrected chi connectivity index (χ1v) is 5.45. The smallest absolute Gasteiger partial charge is 0.407 e. The van der Waals surface area contributed by atoms with Crippen molar-refractivity contribution in [1.29, 1.82) is 0 Å². The van der Waals surface area contributed by atoms with Crippen molar-refractivity contribution in [2.75, 3.05) is 13.1 Å². The van der Waals surface area contributed by atoms with Crippen LogP contribution >= 0.6 is 0 Å². The van der Waals surface area contributed by atoms with Crippen LogP contribution in [0.4, 0.5) is 4.79 Å². The van der Waals surface area contributed by atoms with E-state index in [-0.39, 0.29) is 11.8 Å². The predicted molar refractivity (Wildman–Crippen MR) is 53.5 cm³/mol. The number of carbonyl (C=O) groups excluding carboxylic acids is 1. The fraction of sp³-hybridized carbons (Fsp3) is 0.800. The van der Waals surface area contributed by atoms with E-state index in [1.165, 1.54) is 4.90 Å². The minimum absolute atomic E-state index is 0.0310. The van der Waals surface area contributed by atoms with Gasteiger partial charge in [0.2, 0.25) is 5.91 Å². The average molecular weight is 212 g/mol. The van der Waals surface area contributed by atoms with E-state index in [0.717, 1.165) is 25.7 Å². The monoisotopic (exact) mass is 212 g/mol. The molecule has 5 heteroatoms. The van der Waals surface area contributed by atoms with Gasteiger partial charge in [-0.25, -0.2) is 4.79 Å². The SMILES string of the molecule is O=C(NC1CC1)C1CCCN(C(=O)O)C1. The first-order chi connectivity index (χ1) is 7.16. The lowest BCUT2D eigenvalue weighted by Gasteiger charge is -2.29. The lowest BCUT2D eigenvalue weighted by Crippen LogP contribution is -2.45. The van der Waals surface area contributed by atoms with E-state index in [2.05, 4.69) is 5.32 Å². The van der Waals surface area contributed by atoms with Crippen molar-refractivity contribution >= 4 is 12.0 Å². The van der Waals surface area contributed by atoms with Crippen molar-refractivity contribution in [3.63, 3.8) is 0 Å². The van der Waals surface area contributed by atoms with Gasteiger partial charge < -0.3 is 15.3 Å². The first kappa shape index (κ1) is 10.3. The van der Waals surface area contributed by atoms with Gasteiger partial charge in [-0.1, -0.05) is 0 Å². The average Bonchev–Trinajstić information content (AvgIpc) is 3.02. The molecule has 2 N–H and O–H groups in total. The zero-order valence-electron chi connectivity index (χ0n) is 8.61. The molecular formula is C10H16N2O3. The maximum Gasteiger partial charge on any atom is 0.407 e. The highest BCUT2D eigenvalue weighted by Gasteiger charge is 2.31. The number of carbonyl (C=O) groups is 2. The summed E-state index contributed by atoms with van der Waals surface area (Å²) in [5.74, 6) is -0.112. The summed E-state index contributed by atoms with van der Waals surface area (Å²) in [7, 11) is 0. The molecule has 5 nitrogen and oxygen atoms in total. The minimum atomic E-state index is -0.918. The van der Waals surface area contributed by atoms with E-state index >= 15 is 0 Å². The Kier molecular flexibility index (Phi) is 2.79. The third-order valence-electron chi connectivity index (χ3n) is 2.99. The molecule has 1 unspecified atom stereocenters. The number of nitrogens with zero attached hydrogens (tertiary/aromatic N) is 1. The normalized spacial score (nSPS) is 26.1. The van der Waals surface area contributed by atoms with Crippen molar-refractivity contribution in [2.45, 2.75) is 31.7 Å². The summed E-state index contributed by atoms with van der Waals surface area (Å²) in [6.45, 7) is 0.913. The third-order valence-corrected chi connectivity index (χ3v) is 2.99. The maximum absolute atomic E-state index is 11.7. The van der Waals surface area contributed by atoms with E-state index in [0.29, 0.717) is 19.1 Å². The molecule has 1 aliphatic carbocycles. The number of carboxylic acid groups (broad SMARTS) is 1. The largest absolute Gasteiger partial charge is 0.465 e. The van der Waals surface area contributed by atoms with Crippen LogP contribution in [-0.2, 0) is 4.79 Å². The molecule has 1 aliphatic heterocycles. The summed E-state index contributed by atoms with van der Waals surface area (Å²) in [6.07, 6.45) is 2.82. The summed E-state index contributed by atoms with van der Waals surface area (Å²) in [6, 6.07) is 0.359. The molecule has 1 heterocycles. The number of amides is 2. The van der Waals surface area contributed by atoms with Crippen LogP contribution in [0.25, 0.3) is 0 Å². The molecule has 0 aromatic heterocycles. The molecular weight excluding hydrogens is 196 g/mol. The fourth-order valence-corrected chi connectivity index (χ4v) is 1.91. The summed E-state index contributed by atoms with van der Waals surface area (Å²) in [5.41, 5.74) is 0. The van der Waals surface area contributed by atoms with E-state index in [1.807, 2.05) is 0 Å². The molecule has 1 atom stereocenters. The second-order valence-corrected chi connectivity index (χ2v) is 4.35. The standard InChI is InChI=1S/C10H16N2O3/c13-9(11-8-3-4-8)7-2-1-5-12(6-7)10(14)15/h7-8H,1-6H2,(H,11,13)(H,14,15). The Hall–Kier alpha value is -1.26. The number of likely N-dealkylation sites (tertiary alicyclic amines) is 1. The molecule has 0 aromatic rings. The van der Waals surface area contributed by atoms with Gasteiger partial charge >= 0.3 is 6.09 Å². The highest BCUT2D eigenvalue weighted by atomic mass is 16.4. The Balaban J connectivity index is 1.85. The van der Waals surface area contributed by atoms with Crippen molar-refractivity contribution in [3.8, 4) is 0 Å². The number of hydrogen-bond donors (Lipinski definition) is 2. The van der Waals surface area contributed by atoms with Crippen LogP contribution in [0.5, 0.6) is 0 Å². The van der Waals surface area contributed by atoms with Crippen LogP contribution in [0.15, 0.2) is 0 Å². The van der Waals surface area contributed by atoms with Crippen LogP contribution in [0.2, 0.25) is 0 Å². The quantitative estimate of drug-likeness (QED) is 0.706. The molecule has 0 spiro atoms. The van der Waals surface area contributed by atoms with Crippen LogP contribution < -0.4 is 5.32 Å². The second kappa shape index (κ2) is 4.08. The minimum Gasteiger partial charge on any atom is -0.465 e. The van der Waals surface area contributed by atoms with Gasteiger partial charge in [0.25, 0.3) is 0 Å². The van der Waals surface area contributed by atoms with Gasteiger partial charge in [0.15, 0.2) is 0 Å². The Morgan fingerprint density at radius 1 is 1.27 bits per heavy atom. The van der Waals surface area contributed by atoms with E-state index in [1.54, 1.807) is 0 Å². The highest BCUT2D eigenvalue weighted by Crippen LogP contribution is 2.22. The maximum atomic E-state index is 11.7. The summed E-state index contributed by atoms with van der Waals surface area (Å²) in [5, 5.41) is 11.8. The number of rotatable bonds is 2. The Bertz CT molecular complexity index is 276. The Labute approximate surface area is 88.4 Å². The Morgan fingerprint density at radius 2 is 2.00 bits per heavy atom. The molecule has 0 bridgehead atoms. The number of piperidine rings is 1. The summed E-state index contributed by atoms with van der Waals surface area (Å²) >= 11 is 0. The van der Waals surface area contributed by atoms with Crippen LogP contribution in [0, 0.1) is 5.92 Å². The van der Waals surface area contributed by atoms with Crippen molar-refractivity contribution in [3.05, 3.63) is 0 Å². The third kappa shape index (κ3) is 2.61. The highest BCUT2D eigenvalue weighted by molar-refractivity contribution is 5.80. The molecule has 2 fully saturated rings. The van der Waals surface area contributed by atoms with Crippen LogP contribution in [0.1, 0.15) is 25.7 Å². The van der Waals surface area contributed by atoms with E-state index < -0.39 is 6.09 Å². The van der Waals surface area contributed by atoms with Crippen LogP contribution in [-0.4, -0.2) is 41.1 Å². The molecule has 2 amide bonds. The second-order valence-electron chi connectivity index (χ2n) is 4.35. The van der Waals surface area contributed by atoms with E-state index in [9.17, 15) is 9.59 Å². The molecule has 1 saturated carbocycles. The van der Waals surface area contributed by atoms with E-state index in [4.69, 9.17) is 5.11 Å². The van der Waals surface area contributed by atoms with Crippen molar-refractivity contribution in [1.82, 2.24) is 10.2 Å². The van der Waals surface area contributed by atoms with Crippen molar-refractivity contribution in [2.24, 2.45) is 5.92 Å². The van der Waals surface area contributed by atoms with Crippen molar-refractivity contribution < 1.29 is 14.7 Å². The van der Waals surface area contributed by atoms with Crippen LogP contribution in [0.3, 0.4) is 0 Å². The molecule has 0 aromatic carbocycles. The molecule has 15 heavy (non-hydrogen) atoms. The van der Waals surface area contributed by atoms with Gasteiger partial charge in [0.05, 0.1) is 5.92 Å². The van der Waals surface area contributed by atoms with Gasteiger partial charge in [-0.3, -0.25) is 4.79 Å². The zero-order chi connectivity index (χ0) is 10.8. The molecule has 1 saturated heterocycles. The zero-order valence-corrected chi connectivity index (χ0v) is 8.61. The first-order valence-electron chi connectivity index (χ1n) is 5.45. The molecule has 2 rings (SSSR count). The van der Waals surface area contributed by atoms with Gasteiger partial charge in [0, 0.05) is 19.1 Å². The Morgan fingerprint density at radius 3 is 2.60 bits per heavy atom. The fourth-order valence-electron chi connectivity index (χ4n) is 1.91. The topological polar surface area (TPSA) is 69.6 Å². The van der Waals surface area contributed by atoms with Gasteiger partial charge in [-0.2, -0.15) is 0 Å². The van der Waals surface area contributed by atoms with Gasteiger partial charge in [0.1, 0.15) is 0 Å². The lowest BCUT2D eigenvalue weighted by atomic mass is 9.97. The molecule has 84 valence electrons. The van der Waals surface area contributed by atoms with Gasteiger partial charge in [-0.15, -0.1) is 0 Å². The summed E-state index contributed by atoms with van der Waals surface area (Å²) < 4.78 is 0. The predicted octanol–water partition coefficient (Wildman–Crippen LogP) is 0.655. The number of nitrogens with one attached hydrogen (secondary N) is 1. The number of hydrogen-bond acceptors (Lipinski definition) is 2. The molecule has 0 radical (unpaired) electrons. The van der Waals surface area contributed by atoms with Gasteiger partial charge in [-0.05, 0) is 25.7 Å².